The van der Waals surface area contributed by atoms with Crippen molar-refractivity contribution in [1.82, 2.24) is 5.32 Å². The van der Waals surface area contributed by atoms with E-state index in [-0.39, 0.29) is 37.3 Å². The van der Waals surface area contributed by atoms with Gasteiger partial charge in [-0.25, -0.2) is 0 Å². The van der Waals surface area contributed by atoms with Crippen LogP contribution >= 0.6 is 0 Å². The van der Waals surface area contributed by atoms with Gasteiger partial charge in [0.05, 0.1) is 37.4 Å². The number of hydrogen-bond acceptors (Lipinski definition) is 9. The van der Waals surface area contributed by atoms with Crippen LogP contribution in [0, 0.1) is 11.3 Å². The highest BCUT2D eigenvalue weighted by atomic mass is 16.7. The molecule has 0 radical (unpaired) electrons. The van der Waals surface area contributed by atoms with E-state index in [1.54, 1.807) is 7.11 Å². The number of nitrogens with one attached hydrogen (secondary N) is 1. The van der Waals surface area contributed by atoms with Gasteiger partial charge < -0.3 is 44.3 Å². The van der Waals surface area contributed by atoms with Gasteiger partial charge in [-0.15, -0.1) is 0 Å². The fraction of sp³-hybridized carbons (Fsp3) is 0.875. The number of carbonyl (C=O) groups is 1. The van der Waals surface area contributed by atoms with Gasteiger partial charge in [0.25, 0.3) is 0 Å². The van der Waals surface area contributed by atoms with Crippen molar-refractivity contribution in [2.75, 3.05) is 34.2 Å². The molecule has 2 heterocycles. The Bertz CT molecular complexity index is 687. The Kier molecular flexibility index (Phi) is 10.5. The molecule has 0 spiro atoms. The second kappa shape index (κ2) is 12.2. The number of aliphatic hydroxyl groups is 3. The molecule has 0 unspecified atom stereocenters. The van der Waals surface area contributed by atoms with Crippen molar-refractivity contribution in [3.8, 4) is 0 Å². The predicted octanol–water partition coefficient (Wildman–Crippen LogP) is 0.723. The average Bonchev–Trinajstić information content (AvgIpc) is 2.78. The third-order valence-electron chi connectivity index (χ3n) is 7.33. The van der Waals surface area contributed by atoms with Gasteiger partial charge in [-0.1, -0.05) is 32.9 Å². The molecule has 2 aliphatic heterocycles. The first-order valence-electron chi connectivity index (χ1n) is 11.8. The monoisotopic (exact) mass is 489 g/mol. The normalized spacial score (nSPS) is 36.8. The van der Waals surface area contributed by atoms with Gasteiger partial charge >= 0.3 is 0 Å². The molecule has 4 N–H and O–H groups in total. The molecule has 0 saturated carbocycles. The molecule has 198 valence electrons. The number of carbonyl (C=O) groups excluding carboxylic acids is 1. The van der Waals surface area contributed by atoms with Gasteiger partial charge in [-0.05, 0) is 6.92 Å². The summed E-state index contributed by atoms with van der Waals surface area (Å²) in [4.78, 5) is 12.9. The SMILES string of the molecule is C=C1C[C@@](CC(=O)NC[C@H]2O[C@H](C[C@H](O)CO)C(C)(C)[C@H](OC)[C@H]2OCO)(OC)O[C@H](C)[C@@H]1C. The number of rotatable bonds is 11. The molecule has 2 rings (SSSR count). The van der Waals surface area contributed by atoms with Crippen LogP contribution in [0.5, 0.6) is 0 Å². The van der Waals surface area contributed by atoms with E-state index in [2.05, 4.69) is 11.9 Å². The van der Waals surface area contributed by atoms with Gasteiger partial charge in [-0.2, -0.15) is 0 Å². The third kappa shape index (κ3) is 6.55. The summed E-state index contributed by atoms with van der Waals surface area (Å²) < 4.78 is 29.2. The lowest BCUT2D eigenvalue weighted by molar-refractivity contribution is -0.267. The third-order valence-corrected chi connectivity index (χ3v) is 7.33. The first-order chi connectivity index (χ1) is 15.9. The largest absolute Gasteiger partial charge is 0.394 e. The first-order valence-corrected chi connectivity index (χ1v) is 11.8. The van der Waals surface area contributed by atoms with Crippen molar-refractivity contribution < 1.29 is 43.8 Å². The Hall–Kier alpha value is -1.11. The zero-order valence-corrected chi connectivity index (χ0v) is 21.3. The molecule has 0 aliphatic carbocycles. The van der Waals surface area contributed by atoms with Crippen LogP contribution in [-0.4, -0.2) is 97.8 Å². The quantitative estimate of drug-likeness (QED) is 0.244. The van der Waals surface area contributed by atoms with Gasteiger partial charge in [-0.3, -0.25) is 4.79 Å². The molecule has 0 aromatic rings. The zero-order valence-electron chi connectivity index (χ0n) is 21.3. The van der Waals surface area contributed by atoms with Gasteiger partial charge in [0.1, 0.15) is 19.0 Å². The number of ether oxygens (including phenoxy) is 5. The molecular weight excluding hydrogens is 446 g/mol. The molecule has 0 bridgehead atoms. The zero-order chi connectivity index (χ0) is 25.7. The van der Waals surface area contributed by atoms with Crippen molar-refractivity contribution in [3.05, 3.63) is 12.2 Å². The number of aliphatic hydroxyl groups excluding tert-OH is 3. The summed E-state index contributed by atoms with van der Waals surface area (Å²) >= 11 is 0. The highest BCUT2D eigenvalue weighted by molar-refractivity contribution is 5.77. The summed E-state index contributed by atoms with van der Waals surface area (Å²) in [6.07, 6.45) is -2.85. The molecule has 0 aromatic carbocycles. The van der Waals surface area contributed by atoms with Crippen LogP contribution in [0.15, 0.2) is 12.2 Å². The summed E-state index contributed by atoms with van der Waals surface area (Å²) in [5, 5.41) is 31.7. The molecule has 34 heavy (non-hydrogen) atoms. The molecule has 1 amide bonds. The fourth-order valence-electron chi connectivity index (χ4n) is 4.97. The minimum Gasteiger partial charge on any atom is -0.394 e. The van der Waals surface area contributed by atoms with Crippen molar-refractivity contribution >= 4 is 5.91 Å². The Morgan fingerprint density at radius 1 is 1.29 bits per heavy atom. The minimum atomic E-state index is -1.09. The van der Waals surface area contributed by atoms with E-state index >= 15 is 0 Å². The highest BCUT2D eigenvalue weighted by Crippen LogP contribution is 2.42. The summed E-state index contributed by atoms with van der Waals surface area (Å²) in [5.41, 5.74) is 0.366. The summed E-state index contributed by atoms with van der Waals surface area (Å²) in [6, 6.07) is 0. The van der Waals surface area contributed by atoms with Crippen LogP contribution in [0.2, 0.25) is 0 Å². The van der Waals surface area contributed by atoms with Crippen LogP contribution in [-0.2, 0) is 28.5 Å². The van der Waals surface area contributed by atoms with Gasteiger partial charge in [0.15, 0.2) is 5.79 Å². The second-order valence-corrected chi connectivity index (χ2v) is 10.0. The Balaban J connectivity index is 2.12. The van der Waals surface area contributed by atoms with Crippen LogP contribution < -0.4 is 5.32 Å². The van der Waals surface area contributed by atoms with E-state index in [4.69, 9.17) is 23.7 Å². The number of amides is 1. The molecule has 10 heteroatoms. The van der Waals surface area contributed by atoms with Crippen LogP contribution in [0.1, 0.15) is 47.0 Å². The van der Waals surface area contributed by atoms with Crippen molar-refractivity contribution in [2.24, 2.45) is 11.3 Å². The Morgan fingerprint density at radius 3 is 2.50 bits per heavy atom. The lowest BCUT2D eigenvalue weighted by atomic mass is 9.73. The van der Waals surface area contributed by atoms with E-state index in [1.165, 1.54) is 7.11 Å². The molecule has 0 aromatic heterocycles. The molecule has 8 atom stereocenters. The van der Waals surface area contributed by atoms with Crippen molar-refractivity contribution in [2.45, 2.75) is 89.4 Å². The lowest BCUT2D eigenvalue weighted by Gasteiger charge is -2.51. The summed E-state index contributed by atoms with van der Waals surface area (Å²) in [5.74, 6) is -1.22. The smallest absolute Gasteiger partial charge is 0.225 e. The first kappa shape index (κ1) is 29.1. The van der Waals surface area contributed by atoms with Crippen molar-refractivity contribution in [1.29, 1.82) is 0 Å². The Morgan fingerprint density at radius 2 is 1.97 bits per heavy atom. The van der Waals surface area contributed by atoms with Crippen molar-refractivity contribution in [3.63, 3.8) is 0 Å². The maximum atomic E-state index is 12.9. The van der Waals surface area contributed by atoms with E-state index < -0.39 is 55.1 Å². The van der Waals surface area contributed by atoms with E-state index in [0.29, 0.717) is 6.42 Å². The molecule has 10 nitrogen and oxygen atoms in total. The maximum Gasteiger partial charge on any atom is 0.225 e. The highest BCUT2D eigenvalue weighted by Gasteiger charge is 2.52. The fourth-order valence-corrected chi connectivity index (χ4v) is 4.97. The second-order valence-electron chi connectivity index (χ2n) is 10.0. The predicted molar refractivity (Wildman–Crippen MR) is 124 cm³/mol. The number of methoxy groups -OCH3 is 2. The van der Waals surface area contributed by atoms with Gasteiger partial charge in [0.2, 0.25) is 5.91 Å². The topological polar surface area (TPSA) is 136 Å². The average molecular weight is 490 g/mol. The van der Waals surface area contributed by atoms with E-state index in [9.17, 15) is 20.1 Å². The van der Waals surface area contributed by atoms with E-state index in [1.807, 2.05) is 27.7 Å². The molecular formula is C24H43NO9. The summed E-state index contributed by atoms with van der Waals surface area (Å²) in [7, 11) is 3.05. The Labute approximate surface area is 202 Å². The molecule has 2 saturated heterocycles. The maximum absolute atomic E-state index is 12.9. The van der Waals surface area contributed by atoms with Crippen LogP contribution in [0.3, 0.4) is 0 Å². The number of hydrogen-bond donors (Lipinski definition) is 4. The minimum absolute atomic E-state index is 0.0241. The summed E-state index contributed by atoms with van der Waals surface area (Å²) in [6.45, 7) is 11.0. The van der Waals surface area contributed by atoms with Gasteiger partial charge in [0, 0.05) is 44.9 Å². The van der Waals surface area contributed by atoms with Crippen LogP contribution in [0.4, 0.5) is 0 Å². The van der Waals surface area contributed by atoms with E-state index in [0.717, 1.165) is 5.57 Å². The molecule has 2 fully saturated rings. The lowest BCUT2D eigenvalue weighted by Crippen LogP contribution is -2.63. The standard InChI is InChI=1S/C24H43NO9/c1-14-9-24(31-7,34-16(3)15(14)2)10-20(29)25-11-18-21(32-13-27)22(30-6)23(4,5)19(33-18)8-17(28)12-26/h15-19,21-22,26-28H,1,8-13H2,2-7H3,(H,25,29)/t15-,16-,17+,18-,19-,21+,22-,24-/m1/s1. The van der Waals surface area contributed by atoms with Crippen LogP contribution in [0.25, 0.3) is 0 Å². The molecule has 2 aliphatic rings.